The third-order valence-corrected chi connectivity index (χ3v) is 3.62. The number of carboxylic acids is 1. The molecule has 22 heavy (non-hydrogen) atoms. The van der Waals surface area contributed by atoms with Gasteiger partial charge >= 0.3 is 5.97 Å². The van der Waals surface area contributed by atoms with Gasteiger partial charge in [0.1, 0.15) is 17.6 Å². The maximum Gasteiger partial charge on any atom is 0.326 e. The van der Waals surface area contributed by atoms with Gasteiger partial charge in [0.2, 0.25) is 0 Å². The van der Waals surface area contributed by atoms with E-state index in [2.05, 4.69) is 5.32 Å². The Labute approximate surface area is 125 Å². The lowest BCUT2D eigenvalue weighted by Crippen LogP contribution is -2.42. The Hall–Kier alpha value is -2.63. The second-order valence-corrected chi connectivity index (χ2v) is 5.27. The van der Waals surface area contributed by atoms with Crippen LogP contribution in [0, 0.1) is 11.7 Å². The Morgan fingerprint density at radius 2 is 1.95 bits per heavy atom. The van der Waals surface area contributed by atoms with Crippen LogP contribution in [0.5, 0.6) is 0 Å². The van der Waals surface area contributed by atoms with Crippen molar-refractivity contribution < 1.29 is 23.5 Å². The summed E-state index contributed by atoms with van der Waals surface area (Å²) in [6.45, 7) is 0. The van der Waals surface area contributed by atoms with E-state index in [1.807, 2.05) is 0 Å². The minimum atomic E-state index is -1.06. The molecule has 1 heterocycles. The number of rotatable bonds is 5. The molecule has 1 aliphatic rings. The van der Waals surface area contributed by atoms with Crippen molar-refractivity contribution in [1.29, 1.82) is 0 Å². The maximum absolute atomic E-state index is 13.7. The first-order chi connectivity index (χ1) is 10.6. The molecule has 1 fully saturated rings. The summed E-state index contributed by atoms with van der Waals surface area (Å²) in [6, 6.07) is 8.04. The van der Waals surface area contributed by atoms with Crippen LogP contribution in [0.25, 0.3) is 11.3 Å². The second kappa shape index (κ2) is 5.63. The van der Waals surface area contributed by atoms with Crippen molar-refractivity contribution in [3.8, 4) is 11.3 Å². The largest absolute Gasteiger partial charge is 0.480 e. The lowest BCUT2D eigenvalue weighted by atomic mass is 10.1. The van der Waals surface area contributed by atoms with Gasteiger partial charge < -0.3 is 14.8 Å². The van der Waals surface area contributed by atoms with Crippen LogP contribution in [0.1, 0.15) is 23.4 Å². The van der Waals surface area contributed by atoms with Crippen molar-refractivity contribution in [3.63, 3.8) is 0 Å². The number of halogens is 1. The molecule has 2 N–H and O–H groups in total. The average molecular weight is 303 g/mol. The summed E-state index contributed by atoms with van der Waals surface area (Å²) in [5, 5.41) is 11.6. The van der Waals surface area contributed by atoms with Crippen LogP contribution < -0.4 is 5.32 Å². The standard InChI is InChI=1S/C16H14FNO4/c17-11-4-2-1-3-10(11)12-7-8-13(22-12)15(19)18-14(16(20)21)9-5-6-9/h1-4,7-9,14H,5-6H2,(H,18,19)(H,20,21). The molecule has 1 saturated carbocycles. The van der Waals surface area contributed by atoms with E-state index in [1.54, 1.807) is 18.2 Å². The Balaban J connectivity index is 1.77. The molecule has 114 valence electrons. The van der Waals surface area contributed by atoms with Gasteiger partial charge in [-0.3, -0.25) is 4.79 Å². The van der Waals surface area contributed by atoms with Crippen LogP contribution in [0.15, 0.2) is 40.8 Å². The van der Waals surface area contributed by atoms with E-state index in [0.29, 0.717) is 0 Å². The number of amides is 1. The lowest BCUT2D eigenvalue weighted by molar-refractivity contribution is -0.139. The third kappa shape index (κ3) is 2.86. The molecule has 1 atom stereocenters. The van der Waals surface area contributed by atoms with Crippen LogP contribution in [0.4, 0.5) is 4.39 Å². The van der Waals surface area contributed by atoms with Gasteiger partial charge in [-0.1, -0.05) is 12.1 Å². The Kier molecular flexibility index (Phi) is 3.66. The van der Waals surface area contributed by atoms with Gasteiger partial charge in [-0.05, 0) is 43.0 Å². The zero-order chi connectivity index (χ0) is 15.7. The van der Waals surface area contributed by atoms with Crippen LogP contribution in [0.2, 0.25) is 0 Å². The molecule has 1 unspecified atom stereocenters. The molecule has 3 rings (SSSR count). The topological polar surface area (TPSA) is 79.5 Å². The highest BCUT2D eigenvalue weighted by molar-refractivity contribution is 5.95. The van der Waals surface area contributed by atoms with Crippen molar-refractivity contribution in [2.45, 2.75) is 18.9 Å². The van der Waals surface area contributed by atoms with Crippen LogP contribution in [-0.2, 0) is 4.79 Å². The Morgan fingerprint density at radius 1 is 1.23 bits per heavy atom. The number of carbonyl (C=O) groups is 2. The number of carbonyl (C=O) groups excluding carboxylic acids is 1. The summed E-state index contributed by atoms with van der Waals surface area (Å²) in [5.74, 6) is -1.96. The molecular formula is C16H14FNO4. The first kappa shape index (κ1) is 14.3. The van der Waals surface area contributed by atoms with Crippen LogP contribution in [0.3, 0.4) is 0 Å². The van der Waals surface area contributed by atoms with Crippen molar-refractivity contribution in [2.24, 2.45) is 5.92 Å². The number of hydrogen-bond acceptors (Lipinski definition) is 3. The minimum absolute atomic E-state index is 0.0255. The number of furan rings is 1. The van der Waals surface area contributed by atoms with E-state index >= 15 is 0 Å². The summed E-state index contributed by atoms with van der Waals surface area (Å²) in [7, 11) is 0. The third-order valence-electron chi connectivity index (χ3n) is 3.62. The smallest absolute Gasteiger partial charge is 0.326 e. The second-order valence-electron chi connectivity index (χ2n) is 5.27. The summed E-state index contributed by atoms with van der Waals surface area (Å²) in [6.07, 6.45) is 1.58. The minimum Gasteiger partial charge on any atom is -0.480 e. The molecule has 1 aromatic heterocycles. The van der Waals surface area contributed by atoms with Crippen molar-refractivity contribution in [3.05, 3.63) is 48.0 Å². The molecule has 0 spiro atoms. The Morgan fingerprint density at radius 3 is 2.59 bits per heavy atom. The van der Waals surface area contributed by atoms with Gasteiger partial charge in [0.15, 0.2) is 5.76 Å². The van der Waals surface area contributed by atoms with E-state index in [4.69, 9.17) is 9.52 Å². The number of aliphatic carboxylic acids is 1. The molecule has 0 saturated heterocycles. The number of carboxylic acid groups (broad SMARTS) is 1. The van der Waals surface area contributed by atoms with Gasteiger partial charge in [-0.2, -0.15) is 0 Å². The first-order valence-corrected chi connectivity index (χ1v) is 6.94. The quantitative estimate of drug-likeness (QED) is 0.890. The van der Waals surface area contributed by atoms with Gasteiger partial charge in [0.05, 0.1) is 5.56 Å². The molecular weight excluding hydrogens is 289 g/mol. The van der Waals surface area contributed by atoms with Crippen molar-refractivity contribution >= 4 is 11.9 Å². The fraction of sp³-hybridized carbons (Fsp3) is 0.250. The Bertz CT molecular complexity index is 720. The van der Waals surface area contributed by atoms with Gasteiger partial charge in [-0.25, -0.2) is 9.18 Å². The summed E-state index contributed by atoms with van der Waals surface area (Å²) in [4.78, 5) is 23.2. The zero-order valence-corrected chi connectivity index (χ0v) is 11.6. The summed E-state index contributed by atoms with van der Waals surface area (Å²) >= 11 is 0. The first-order valence-electron chi connectivity index (χ1n) is 6.94. The van der Waals surface area contributed by atoms with Gasteiger partial charge in [0, 0.05) is 0 Å². The highest BCUT2D eigenvalue weighted by atomic mass is 19.1. The van der Waals surface area contributed by atoms with E-state index < -0.39 is 23.7 Å². The molecule has 0 aliphatic heterocycles. The monoisotopic (exact) mass is 303 g/mol. The van der Waals surface area contributed by atoms with Crippen molar-refractivity contribution in [1.82, 2.24) is 5.32 Å². The molecule has 1 aliphatic carbocycles. The molecule has 1 amide bonds. The highest BCUT2D eigenvalue weighted by Crippen LogP contribution is 2.33. The van der Waals surface area contributed by atoms with Crippen molar-refractivity contribution in [2.75, 3.05) is 0 Å². The van der Waals surface area contributed by atoms with E-state index in [9.17, 15) is 14.0 Å². The van der Waals surface area contributed by atoms with Crippen LogP contribution >= 0.6 is 0 Å². The molecule has 6 heteroatoms. The van der Waals surface area contributed by atoms with Crippen LogP contribution in [-0.4, -0.2) is 23.0 Å². The van der Waals surface area contributed by atoms with E-state index in [-0.39, 0.29) is 23.0 Å². The predicted molar refractivity (Wildman–Crippen MR) is 75.7 cm³/mol. The molecule has 0 bridgehead atoms. The highest BCUT2D eigenvalue weighted by Gasteiger charge is 2.37. The average Bonchev–Trinajstić information content (AvgIpc) is 3.21. The summed E-state index contributed by atoms with van der Waals surface area (Å²) in [5.41, 5.74) is 0.249. The number of nitrogens with one attached hydrogen (secondary N) is 1. The maximum atomic E-state index is 13.7. The lowest BCUT2D eigenvalue weighted by Gasteiger charge is -2.12. The fourth-order valence-electron chi connectivity index (χ4n) is 2.29. The molecule has 5 nitrogen and oxygen atoms in total. The number of hydrogen-bond donors (Lipinski definition) is 2. The van der Waals surface area contributed by atoms with E-state index in [0.717, 1.165) is 12.8 Å². The predicted octanol–water partition coefficient (Wildman–Crippen LogP) is 2.68. The van der Waals surface area contributed by atoms with E-state index in [1.165, 1.54) is 18.2 Å². The molecule has 0 radical (unpaired) electrons. The van der Waals surface area contributed by atoms with Gasteiger partial charge in [-0.15, -0.1) is 0 Å². The van der Waals surface area contributed by atoms with Gasteiger partial charge in [0.25, 0.3) is 5.91 Å². The molecule has 1 aromatic carbocycles. The normalized spacial score (nSPS) is 15.3. The fourth-order valence-corrected chi connectivity index (χ4v) is 2.29. The number of benzene rings is 1. The SMILES string of the molecule is O=C(NC(C(=O)O)C1CC1)c1ccc(-c2ccccc2F)o1. The zero-order valence-electron chi connectivity index (χ0n) is 11.6. The summed E-state index contributed by atoms with van der Waals surface area (Å²) < 4.78 is 19.0. The molecule has 2 aromatic rings.